The van der Waals surface area contributed by atoms with E-state index in [0.29, 0.717) is 12.8 Å². The average Bonchev–Trinajstić information content (AvgIpc) is 3.26. The van der Waals surface area contributed by atoms with E-state index in [1.807, 2.05) is 0 Å². The number of allylic oxidation sites excluding steroid dienone is 2. The smallest absolute Gasteiger partial charge is 0.249 e. The minimum Gasteiger partial charge on any atom is -0.394 e. The predicted molar refractivity (Wildman–Crippen MR) is 247 cm³/mol. The number of nitrogens with one attached hydrogen (secondary N) is 1. The van der Waals surface area contributed by atoms with Gasteiger partial charge in [0.15, 0.2) is 6.29 Å². The zero-order valence-corrected chi connectivity index (χ0v) is 39.2. The molecule has 0 aliphatic carbocycles. The van der Waals surface area contributed by atoms with Gasteiger partial charge in [-0.1, -0.05) is 206 Å². The molecule has 0 aromatic carbocycles. The van der Waals surface area contributed by atoms with Crippen molar-refractivity contribution < 1.29 is 50.0 Å². The summed E-state index contributed by atoms with van der Waals surface area (Å²) >= 11 is 0. The largest absolute Gasteiger partial charge is 0.394 e. The summed E-state index contributed by atoms with van der Waals surface area (Å²) in [6.45, 7) is 3.42. The van der Waals surface area contributed by atoms with Crippen LogP contribution in [0.15, 0.2) is 12.2 Å². The fourth-order valence-corrected chi connectivity index (χ4v) is 8.32. The second-order valence-electron chi connectivity index (χ2n) is 18.2. The summed E-state index contributed by atoms with van der Waals surface area (Å²) in [5.41, 5.74) is 0. The minimum atomic E-state index is -1.66. The number of aliphatic hydroxyl groups excluding tert-OH is 7. The third-order valence-corrected chi connectivity index (χ3v) is 12.6. The molecule has 1 rings (SSSR count). The van der Waals surface area contributed by atoms with E-state index in [0.717, 1.165) is 38.5 Å². The highest BCUT2D eigenvalue weighted by molar-refractivity contribution is 5.80. The number of rotatable bonds is 43. The van der Waals surface area contributed by atoms with E-state index >= 15 is 0 Å². The van der Waals surface area contributed by atoms with Gasteiger partial charge in [-0.2, -0.15) is 0 Å². The molecule has 0 aromatic heterocycles. The Morgan fingerprint density at radius 1 is 0.557 bits per heavy atom. The fourth-order valence-electron chi connectivity index (χ4n) is 8.32. The Morgan fingerprint density at radius 2 is 0.967 bits per heavy atom. The van der Waals surface area contributed by atoms with Crippen LogP contribution in [0.1, 0.15) is 232 Å². The number of carbonyl (C=O) groups is 1. The molecule has 0 radical (unpaired) electrons. The molecule has 61 heavy (non-hydrogen) atoms. The maximum Gasteiger partial charge on any atom is 0.249 e. The van der Waals surface area contributed by atoms with Gasteiger partial charge in [-0.25, -0.2) is 0 Å². The van der Waals surface area contributed by atoms with E-state index in [-0.39, 0.29) is 12.8 Å². The molecule has 1 amide bonds. The van der Waals surface area contributed by atoms with Crippen molar-refractivity contribution in [3.8, 4) is 0 Å². The minimum absolute atomic E-state index is 0.259. The summed E-state index contributed by atoms with van der Waals surface area (Å²) in [6, 6.07) is -1.18. The lowest BCUT2D eigenvalue weighted by Crippen LogP contribution is -2.60. The lowest BCUT2D eigenvalue weighted by atomic mass is 9.98. The first kappa shape index (κ1) is 57.9. The number of hydrogen-bond donors (Lipinski definition) is 8. The first-order valence-corrected chi connectivity index (χ1v) is 25.6. The van der Waals surface area contributed by atoms with Crippen molar-refractivity contribution in [2.75, 3.05) is 13.2 Å². The van der Waals surface area contributed by atoms with Gasteiger partial charge in [0.05, 0.1) is 25.4 Å². The molecular formula is C50H97NO10. The Labute approximate surface area is 372 Å². The van der Waals surface area contributed by atoms with Gasteiger partial charge in [0.1, 0.15) is 36.6 Å². The molecule has 1 fully saturated rings. The lowest BCUT2D eigenvalue weighted by Gasteiger charge is -2.40. The summed E-state index contributed by atoms with van der Waals surface area (Å²) < 4.78 is 11.1. The van der Waals surface area contributed by atoms with Crippen LogP contribution < -0.4 is 5.32 Å². The highest BCUT2D eigenvalue weighted by Gasteiger charge is 2.44. The summed E-state index contributed by atoms with van der Waals surface area (Å²) in [5.74, 6) is -0.704. The number of amides is 1. The van der Waals surface area contributed by atoms with Crippen LogP contribution in [0.4, 0.5) is 0 Å². The number of carbonyl (C=O) groups excluding carboxylic acids is 1. The molecule has 9 atom stereocenters. The Hall–Kier alpha value is -1.15. The first-order valence-electron chi connectivity index (χ1n) is 25.6. The Morgan fingerprint density at radius 3 is 1.41 bits per heavy atom. The van der Waals surface area contributed by atoms with Gasteiger partial charge in [-0.05, 0) is 38.5 Å². The van der Waals surface area contributed by atoms with E-state index in [1.54, 1.807) is 0 Å². The number of aliphatic hydroxyl groups is 7. The zero-order valence-electron chi connectivity index (χ0n) is 39.2. The molecule has 0 aromatic rings. The van der Waals surface area contributed by atoms with Crippen molar-refractivity contribution in [2.24, 2.45) is 0 Å². The van der Waals surface area contributed by atoms with Crippen LogP contribution in [0.25, 0.3) is 0 Å². The van der Waals surface area contributed by atoms with Gasteiger partial charge in [-0.15, -0.1) is 0 Å². The van der Waals surface area contributed by atoms with Crippen molar-refractivity contribution in [1.29, 1.82) is 0 Å². The zero-order chi connectivity index (χ0) is 44.8. The molecular weight excluding hydrogens is 775 g/mol. The van der Waals surface area contributed by atoms with E-state index in [1.165, 1.54) is 154 Å². The van der Waals surface area contributed by atoms with Crippen molar-refractivity contribution in [1.82, 2.24) is 5.32 Å². The molecule has 1 aliphatic heterocycles. The van der Waals surface area contributed by atoms with Gasteiger partial charge in [-0.3, -0.25) is 4.79 Å². The van der Waals surface area contributed by atoms with Crippen molar-refractivity contribution in [3.05, 3.63) is 12.2 Å². The monoisotopic (exact) mass is 872 g/mol. The summed E-state index contributed by atoms with van der Waals surface area (Å²) in [4.78, 5) is 13.1. The molecule has 11 heteroatoms. The van der Waals surface area contributed by atoms with Crippen molar-refractivity contribution in [2.45, 2.75) is 287 Å². The first-order chi connectivity index (χ1) is 29.7. The van der Waals surface area contributed by atoms with E-state index < -0.39 is 74.2 Å². The van der Waals surface area contributed by atoms with Crippen LogP contribution in [0, 0.1) is 0 Å². The second-order valence-corrected chi connectivity index (χ2v) is 18.2. The third kappa shape index (κ3) is 29.8. The van der Waals surface area contributed by atoms with Crippen molar-refractivity contribution >= 4 is 5.91 Å². The Kier molecular flexibility index (Phi) is 38.3. The van der Waals surface area contributed by atoms with Crippen LogP contribution in [0.5, 0.6) is 0 Å². The SMILES string of the molecule is CCCCCCCC/C=C/CCCC(O)C(O)C(COC1OC(CO)C(O)C(O)C1O)NC(=O)C(O)CCCCCCCCCCCCCCCCCCCCCCCCC. The summed E-state index contributed by atoms with van der Waals surface area (Å²) in [5, 5.41) is 75.7. The Balaban J connectivity index is 2.32. The normalized spacial score (nSPS) is 21.5. The van der Waals surface area contributed by atoms with E-state index in [9.17, 15) is 40.5 Å². The third-order valence-electron chi connectivity index (χ3n) is 12.6. The molecule has 0 spiro atoms. The average molecular weight is 872 g/mol. The quantitative estimate of drug-likeness (QED) is 0.0217. The molecule has 9 unspecified atom stereocenters. The van der Waals surface area contributed by atoms with Gasteiger partial charge in [0.25, 0.3) is 0 Å². The Bertz CT molecular complexity index is 1000. The number of ether oxygens (including phenoxy) is 2. The molecule has 11 nitrogen and oxygen atoms in total. The maximum atomic E-state index is 13.1. The molecule has 1 aliphatic rings. The lowest BCUT2D eigenvalue weighted by molar-refractivity contribution is -0.303. The number of unbranched alkanes of at least 4 members (excludes halogenated alkanes) is 29. The topological polar surface area (TPSA) is 189 Å². The molecule has 1 saturated heterocycles. The van der Waals surface area contributed by atoms with Crippen LogP contribution in [0.3, 0.4) is 0 Å². The molecule has 362 valence electrons. The standard InChI is InChI=1S/C50H97NO10/c1-3-5-7-9-11-13-15-16-17-18-19-20-21-22-23-24-25-26-28-30-32-34-36-38-43(54)49(59)51-41(40-60-50-48(58)47(57)46(56)44(39-52)61-50)45(55)42(53)37-35-33-31-29-27-14-12-10-8-6-4-2/h29,31,41-48,50,52-58H,3-28,30,32-40H2,1-2H3,(H,51,59)/b31-29+. The molecule has 8 N–H and O–H groups in total. The molecule has 0 saturated carbocycles. The van der Waals surface area contributed by atoms with Crippen molar-refractivity contribution in [3.63, 3.8) is 0 Å². The predicted octanol–water partition coefficient (Wildman–Crippen LogP) is 9.23. The highest BCUT2D eigenvalue weighted by atomic mass is 16.7. The summed E-state index contributed by atoms with van der Waals surface area (Å²) in [7, 11) is 0. The number of hydrogen-bond acceptors (Lipinski definition) is 10. The molecule has 0 bridgehead atoms. The van der Waals surface area contributed by atoms with Crippen LogP contribution >= 0.6 is 0 Å². The van der Waals surface area contributed by atoms with Gasteiger partial charge >= 0.3 is 0 Å². The van der Waals surface area contributed by atoms with Gasteiger partial charge in [0.2, 0.25) is 5.91 Å². The van der Waals surface area contributed by atoms with Crippen LogP contribution in [-0.4, -0.2) is 110 Å². The van der Waals surface area contributed by atoms with E-state index in [2.05, 4.69) is 31.3 Å². The van der Waals surface area contributed by atoms with Crippen LogP contribution in [-0.2, 0) is 14.3 Å². The highest BCUT2D eigenvalue weighted by Crippen LogP contribution is 2.23. The second kappa shape index (κ2) is 40.4. The fraction of sp³-hybridized carbons (Fsp3) is 0.940. The van der Waals surface area contributed by atoms with E-state index in [4.69, 9.17) is 9.47 Å². The molecule has 1 heterocycles. The van der Waals surface area contributed by atoms with Gasteiger partial charge in [0, 0.05) is 0 Å². The summed E-state index contributed by atoms with van der Waals surface area (Å²) in [6.07, 6.45) is 32.8. The van der Waals surface area contributed by atoms with Crippen LogP contribution in [0.2, 0.25) is 0 Å². The van der Waals surface area contributed by atoms with Gasteiger partial charge < -0.3 is 50.5 Å². The maximum absolute atomic E-state index is 13.1.